The molecule has 2 aromatic rings. The number of hydrogen-bond donors (Lipinski definition) is 0. The lowest BCUT2D eigenvalue weighted by molar-refractivity contribution is -0.00644. The molecule has 4 rings (SSSR count). The zero-order valence-corrected chi connectivity index (χ0v) is 13.5. The van der Waals surface area contributed by atoms with Crippen LogP contribution in [0.3, 0.4) is 0 Å². The Kier molecular flexibility index (Phi) is 4.39. The number of aromatic nitrogens is 2. The van der Waals surface area contributed by atoms with Crippen LogP contribution in [0, 0.1) is 0 Å². The largest absolute Gasteiger partial charge is 0.377 e. The summed E-state index contributed by atoms with van der Waals surface area (Å²) in [4.78, 5) is 13.4. The van der Waals surface area contributed by atoms with Crippen LogP contribution >= 0.6 is 0 Å². The number of rotatable bonds is 3. The summed E-state index contributed by atoms with van der Waals surface area (Å²) in [6, 6.07) is 6.47. The first kappa shape index (κ1) is 14.8. The molecule has 2 aliphatic rings. The van der Waals surface area contributed by atoms with Gasteiger partial charge in [-0.05, 0) is 37.5 Å². The monoisotopic (exact) mass is 312 g/mol. The molecule has 2 saturated heterocycles. The molecule has 0 bridgehead atoms. The van der Waals surface area contributed by atoms with Crippen LogP contribution in [0.15, 0.2) is 30.7 Å². The average molecular weight is 312 g/mol. The minimum Gasteiger partial charge on any atom is -0.377 e. The normalized spacial score (nSPS) is 23.3. The van der Waals surface area contributed by atoms with Crippen LogP contribution in [0.25, 0.3) is 10.9 Å². The van der Waals surface area contributed by atoms with Gasteiger partial charge in [-0.1, -0.05) is 0 Å². The van der Waals surface area contributed by atoms with E-state index in [9.17, 15) is 0 Å². The molecular weight excluding hydrogens is 288 g/mol. The van der Waals surface area contributed by atoms with Crippen molar-refractivity contribution in [3.8, 4) is 0 Å². The molecule has 5 nitrogen and oxygen atoms in total. The highest BCUT2D eigenvalue weighted by atomic mass is 16.5. The number of piperazine rings is 1. The molecule has 2 fully saturated rings. The number of hydrogen-bond acceptors (Lipinski definition) is 5. The topological polar surface area (TPSA) is 41.5 Å². The molecule has 0 N–H and O–H groups in total. The van der Waals surface area contributed by atoms with E-state index in [0.29, 0.717) is 6.10 Å². The highest BCUT2D eigenvalue weighted by Gasteiger charge is 2.22. The first-order valence-corrected chi connectivity index (χ1v) is 8.67. The second kappa shape index (κ2) is 6.81. The first-order chi connectivity index (χ1) is 11.4. The summed E-state index contributed by atoms with van der Waals surface area (Å²) in [7, 11) is 0. The number of fused-ring (bicyclic) bond motifs is 1. The van der Waals surface area contributed by atoms with Gasteiger partial charge < -0.3 is 9.64 Å². The van der Waals surface area contributed by atoms with Crippen molar-refractivity contribution >= 4 is 16.6 Å². The molecule has 1 unspecified atom stereocenters. The van der Waals surface area contributed by atoms with Crippen LogP contribution < -0.4 is 4.90 Å². The van der Waals surface area contributed by atoms with E-state index in [4.69, 9.17) is 4.74 Å². The summed E-state index contributed by atoms with van der Waals surface area (Å²) in [5.74, 6) is 0. The Morgan fingerprint density at radius 3 is 2.87 bits per heavy atom. The third-order valence-corrected chi connectivity index (χ3v) is 4.96. The maximum atomic E-state index is 5.87. The summed E-state index contributed by atoms with van der Waals surface area (Å²) in [5.41, 5.74) is 2.29. The van der Waals surface area contributed by atoms with Gasteiger partial charge >= 0.3 is 0 Å². The Balaban J connectivity index is 1.36. The number of anilines is 1. The second-order valence-electron chi connectivity index (χ2n) is 6.54. The number of nitrogens with zero attached hydrogens (tertiary/aromatic N) is 4. The quantitative estimate of drug-likeness (QED) is 0.870. The van der Waals surface area contributed by atoms with E-state index in [1.165, 1.54) is 24.9 Å². The Hall–Kier alpha value is -1.72. The van der Waals surface area contributed by atoms with Gasteiger partial charge in [-0.25, -0.2) is 9.97 Å². The van der Waals surface area contributed by atoms with Crippen LogP contribution in [0.4, 0.5) is 5.69 Å². The smallest absolute Gasteiger partial charge is 0.116 e. The van der Waals surface area contributed by atoms with Gasteiger partial charge in [0.1, 0.15) is 6.33 Å². The molecule has 0 aliphatic carbocycles. The van der Waals surface area contributed by atoms with Crippen molar-refractivity contribution in [2.24, 2.45) is 0 Å². The molecule has 1 aromatic carbocycles. The van der Waals surface area contributed by atoms with Crippen LogP contribution in [0.5, 0.6) is 0 Å². The molecule has 1 aromatic heterocycles. The number of benzene rings is 1. The molecule has 3 heterocycles. The van der Waals surface area contributed by atoms with Gasteiger partial charge in [0.2, 0.25) is 0 Å². The van der Waals surface area contributed by atoms with Gasteiger partial charge in [0.25, 0.3) is 0 Å². The fourth-order valence-electron chi connectivity index (χ4n) is 3.60. The fraction of sp³-hybridized carbons (Fsp3) is 0.556. The predicted molar refractivity (Wildman–Crippen MR) is 91.8 cm³/mol. The van der Waals surface area contributed by atoms with Crippen molar-refractivity contribution < 1.29 is 4.74 Å². The van der Waals surface area contributed by atoms with Gasteiger partial charge in [-0.2, -0.15) is 0 Å². The van der Waals surface area contributed by atoms with E-state index in [1.807, 2.05) is 6.20 Å². The highest BCUT2D eigenvalue weighted by Crippen LogP contribution is 2.22. The van der Waals surface area contributed by atoms with Crippen LogP contribution in [0.1, 0.15) is 19.3 Å². The summed E-state index contributed by atoms with van der Waals surface area (Å²) in [5, 5.41) is 1.11. The Morgan fingerprint density at radius 1 is 1.13 bits per heavy atom. The highest BCUT2D eigenvalue weighted by molar-refractivity contribution is 5.81. The lowest BCUT2D eigenvalue weighted by atomic mass is 10.1. The molecule has 5 heteroatoms. The van der Waals surface area contributed by atoms with E-state index in [2.05, 4.69) is 38.0 Å². The van der Waals surface area contributed by atoms with Gasteiger partial charge in [0, 0.05) is 56.6 Å². The predicted octanol–water partition coefficient (Wildman–Crippen LogP) is 2.32. The summed E-state index contributed by atoms with van der Waals surface area (Å²) < 4.78 is 5.87. The van der Waals surface area contributed by atoms with Crippen molar-refractivity contribution in [1.82, 2.24) is 14.9 Å². The van der Waals surface area contributed by atoms with Crippen LogP contribution in [0.2, 0.25) is 0 Å². The lowest BCUT2D eigenvalue weighted by Crippen LogP contribution is -2.49. The Labute approximate surface area is 137 Å². The molecule has 0 spiro atoms. The van der Waals surface area contributed by atoms with Crippen molar-refractivity contribution in [3.63, 3.8) is 0 Å². The van der Waals surface area contributed by atoms with Crippen LogP contribution in [-0.4, -0.2) is 60.3 Å². The molecular formula is C18H24N4O. The molecule has 0 saturated carbocycles. The summed E-state index contributed by atoms with van der Waals surface area (Å²) >= 11 is 0. The Bertz CT molecular complexity index is 648. The summed E-state index contributed by atoms with van der Waals surface area (Å²) in [6.07, 6.45) is 7.73. The van der Waals surface area contributed by atoms with E-state index < -0.39 is 0 Å². The maximum absolute atomic E-state index is 5.87. The zero-order chi connectivity index (χ0) is 15.5. The fourth-order valence-corrected chi connectivity index (χ4v) is 3.60. The van der Waals surface area contributed by atoms with E-state index >= 15 is 0 Å². The molecule has 122 valence electrons. The molecule has 2 aliphatic heterocycles. The number of ether oxygens (including phenoxy) is 1. The van der Waals surface area contributed by atoms with E-state index in [1.54, 1.807) is 6.33 Å². The van der Waals surface area contributed by atoms with Crippen molar-refractivity contribution in [3.05, 3.63) is 30.7 Å². The molecule has 0 amide bonds. The standard InChI is InChI=1S/C18H24N4O/c1-2-10-23-17(3-1)13-21-6-8-22(9-7-21)16-4-5-18-15(11-16)12-19-14-20-18/h4-5,11-12,14,17H,1-3,6-10,13H2. The van der Waals surface area contributed by atoms with Gasteiger partial charge in [-0.15, -0.1) is 0 Å². The third kappa shape index (κ3) is 3.46. The average Bonchev–Trinajstić information content (AvgIpc) is 2.63. The Morgan fingerprint density at radius 2 is 2.04 bits per heavy atom. The third-order valence-electron chi connectivity index (χ3n) is 4.96. The lowest BCUT2D eigenvalue weighted by Gasteiger charge is -2.38. The molecule has 23 heavy (non-hydrogen) atoms. The first-order valence-electron chi connectivity index (χ1n) is 8.67. The minimum absolute atomic E-state index is 0.452. The van der Waals surface area contributed by atoms with E-state index in [0.717, 1.165) is 50.2 Å². The molecule has 0 radical (unpaired) electrons. The second-order valence-corrected chi connectivity index (χ2v) is 6.54. The van der Waals surface area contributed by atoms with E-state index in [-0.39, 0.29) is 0 Å². The SMILES string of the molecule is c1ncc2cc(N3CCN(CC4CCCCO4)CC3)ccc2n1. The van der Waals surface area contributed by atoms with Gasteiger partial charge in [-0.3, -0.25) is 4.90 Å². The maximum Gasteiger partial charge on any atom is 0.116 e. The molecule has 1 atom stereocenters. The zero-order valence-electron chi connectivity index (χ0n) is 13.5. The minimum atomic E-state index is 0.452. The van der Waals surface area contributed by atoms with Crippen molar-refractivity contribution in [2.45, 2.75) is 25.4 Å². The van der Waals surface area contributed by atoms with Crippen molar-refractivity contribution in [2.75, 3.05) is 44.2 Å². The van der Waals surface area contributed by atoms with Gasteiger partial charge in [0.05, 0.1) is 11.6 Å². The summed E-state index contributed by atoms with van der Waals surface area (Å²) in [6.45, 7) is 6.42. The van der Waals surface area contributed by atoms with Gasteiger partial charge in [0.15, 0.2) is 0 Å². The van der Waals surface area contributed by atoms with Crippen LogP contribution in [-0.2, 0) is 4.74 Å². The van der Waals surface area contributed by atoms with Crippen molar-refractivity contribution in [1.29, 1.82) is 0 Å².